The lowest BCUT2D eigenvalue weighted by atomic mass is 9.90. The highest BCUT2D eigenvalue weighted by atomic mass is 16.6. The molecule has 4 atom stereocenters. The van der Waals surface area contributed by atoms with Gasteiger partial charge in [0.1, 0.15) is 35.8 Å². The van der Waals surface area contributed by atoms with Crippen LogP contribution in [0.2, 0.25) is 0 Å². The van der Waals surface area contributed by atoms with Crippen LogP contribution in [0, 0.1) is 0 Å². The van der Waals surface area contributed by atoms with Gasteiger partial charge in [-0.15, -0.1) is 0 Å². The number of amides is 4. The van der Waals surface area contributed by atoms with Crippen molar-refractivity contribution in [1.29, 1.82) is 0 Å². The molecule has 12 rings (SSSR count). The maximum atomic E-state index is 12.4. The van der Waals surface area contributed by atoms with Gasteiger partial charge in [-0.05, 0) is 105 Å². The van der Waals surface area contributed by atoms with Crippen molar-refractivity contribution in [3.8, 4) is 44.9 Å². The van der Waals surface area contributed by atoms with Crippen molar-refractivity contribution in [2.75, 3.05) is 90.6 Å². The van der Waals surface area contributed by atoms with E-state index in [2.05, 4.69) is 76.6 Å². The monoisotopic (exact) mass is 1340 g/mol. The minimum absolute atomic E-state index is 0.115. The number of carboxylic acids is 2. The molecule has 0 bridgehead atoms. The zero-order chi connectivity index (χ0) is 68.7. The Morgan fingerprint density at radius 1 is 0.469 bits per heavy atom. The minimum atomic E-state index is -1.24. The molecule has 6 heterocycles. The molecule has 4 fully saturated rings. The van der Waals surface area contributed by atoms with Crippen molar-refractivity contribution in [1.82, 2.24) is 30.4 Å². The minimum Gasteiger partial charge on any atom is -0.545 e. The van der Waals surface area contributed by atoms with Crippen molar-refractivity contribution < 1.29 is 66.8 Å². The van der Waals surface area contributed by atoms with Crippen LogP contribution in [0.4, 0.5) is 30.6 Å². The number of anilines is 2. The number of fused-ring (bicyclic) bond motifs is 4. The number of alkyl carbamates (subject to hydrolysis) is 4. The van der Waals surface area contributed by atoms with Crippen LogP contribution in [0.5, 0.6) is 0 Å². The van der Waals surface area contributed by atoms with E-state index in [9.17, 15) is 39.0 Å². The fourth-order valence-electron chi connectivity index (χ4n) is 14.8. The van der Waals surface area contributed by atoms with E-state index in [0.717, 1.165) is 158 Å². The topological polar surface area (TPSA) is 270 Å². The molecule has 4 amide bonds. The molecule has 4 unspecified atom stereocenters. The van der Waals surface area contributed by atoms with Gasteiger partial charge in [0.2, 0.25) is 10.7 Å². The summed E-state index contributed by atoms with van der Waals surface area (Å²) in [4.78, 5) is 76.2. The SMILES string of the molecule is CNC(=O)OCCC1CCCCN1c1ccc2c(-c3ccccc3C(=O)O)c3ccc(=[N+]4CCCCC4CCOC(=O)NC)cc-3oc2c1.CNC(=O)OCCC1CCCCN1c1ccc2c(-c3ccccc3C(=O)[O-])c3ccc(=[N+]4CCCCC4CCOC(=O)NC)cc-3oc2c1. The number of nitrogens with zero attached hydrogens (tertiary/aromatic N) is 4. The zero-order valence-electron chi connectivity index (χ0n) is 56.4. The van der Waals surface area contributed by atoms with E-state index in [0.29, 0.717) is 85.9 Å². The second kappa shape index (κ2) is 32.7. The van der Waals surface area contributed by atoms with Crippen LogP contribution in [-0.4, -0.2) is 146 Å². The quantitative estimate of drug-likeness (QED) is 0.0304. The van der Waals surface area contributed by atoms with E-state index in [4.69, 9.17) is 27.8 Å². The van der Waals surface area contributed by atoms with Gasteiger partial charge in [-0.1, -0.05) is 42.5 Å². The molecule has 0 spiro atoms. The number of piperidine rings is 4. The first kappa shape index (κ1) is 69.2. The summed E-state index contributed by atoms with van der Waals surface area (Å²) in [5.41, 5.74) is 8.09. The second-order valence-corrected chi connectivity index (χ2v) is 25.4. The first-order valence-corrected chi connectivity index (χ1v) is 34.5. The Labute approximate surface area is 569 Å². The van der Waals surface area contributed by atoms with Gasteiger partial charge in [0.25, 0.3) is 0 Å². The van der Waals surface area contributed by atoms with Crippen LogP contribution in [0.1, 0.15) is 123 Å². The summed E-state index contributed by atoms with van der Waals surface area (Å²) < 4.78 is 39.5. The van der Waals surface area contributed by atoms with Gasteiger partial charge in [0, 0.05) is 179 Å². The van der Waals surface area contributed by atoms with E-state index in [1.165, 1.54) is 0 Å². The summed E-state index contributed by atoms with van der Waals surface area (Å²) in [5.74, 6) is -0.921. The maximum absolute atomic E-state index is 12.4. The molecule has 0 radical (unpaired) electrons. The average Bonchev–Trinajstić information content (AvgIpc) is 0.750. The van der Waals surface area contributed by atoms with Crippen LogP contribution >= 0.6 is 0 Å². The molecule has 22 nitrogen and oxygen atoms in total. The van der Waals surface area contributed by atoms with E-state index >= 15 is 0 Å². The standard InChI is InChI=1S/2C38H44N4O7/c2*1-39-37(45)47-21-17-25-9-5-7-19-41(25)27-13-15-31-33(23-27)49-34-24-28(42-20-8-6-10-26(42)18-22-48-38(46)40-2)14-16-32(34)35(31)29-11-3-4-12-30(29)36(43)44/h2*3-4,11-16,23-26H,5-10,17-22H2,1-2H3,(H2-,39,40,43,44,45,46)/p+1. The summed E-state index contributed by atoms with van der Waals surface area (Å²) in [5, 5.41) is 36.2. The Kier molecular flexibility index (Phi) is 23.1. The van der Waals surface area contributed by atoms with E-state index in [-0.39, 0.29) is 35.3 Å². The Hall–Kier alpha value is -10.1. The van der Waals surface area contributed by atoms with Gasteiger partial charge in [0.05, 0.1) is 50.1 Å². The normalized spacial score (nSPS) is 19.0. The number of rotatable bonds is 18. The number of hydrogen-bond acceptors (Lipinski definition) is 15. The molecule has 4 aromatic carbocycles. The number of benzene rings is 6. The number of carbonyl (C=O) groups is 6. The first-order valence-electron chi connectivity index (χ1n) is 34.5. The molecule has 8 aliphatic rings. The highest BCUT2D eigenvalue weighted by Gasteiger charge is 2.32. The number of hydrogen-bond donors (Lipinski definition) is 5. The molecule has 516 valence electrons. The zero-order valence-corrected chi connectivity index (χ0v) is 56.4. The molecule has 2 aliphatic carbocycles. The van der Waals surface area contributed by atoms with Crippen LogP contribution in [-0.2, 0) is 18.9 Å². The number of nitrogens with one attached hydrogen (secondary N) is 4. The Morgan fingerprint density at radius 2 is 0.867 bits per heavy atom. The molecular weight excluding hydrogens is 1250 g/mol. The first-order chi connectivity index (χ1) is 47.7. The lowest BCUT2D eigenvalue weighted by molar-refractivity contribution is -0.255. The van der Waals surface area contributed by atoms with Crippen LogP contribution < -0.4 is 56.0 Å². The number of ether oxygens (including phenoxy) is 4. The summed E-state index contributed by atoms with van der Waals surface area (Å²) in [6.45, 7) is 4.81. The number of carbonyl (C=O) groups excluding carboxylic acids is 5. The third-order valence-electron chi connectivity index (χ3n) is 19.6. The van der Waals surface area contributed by atoms with Crippen molar-refractivity contribution in [2.45, 2.75) is 127 Å². The third-order valence-corrected chi connectivity index (χ3v) is 19.6. The summed E-state index contributed by atoms with van der Waals surface area (Å²) in [6, 6.07) is 39.5. The van der Waals surface area contributed by atoms with Crippen molar-refractivity contribution in [2.24, 2.45) is 0 Å². The third kappa shape index (κ3) is 16.1. The van der Waals surface area contributed by atoms with Gasteiger partial charge in [0.15, 0.2) is 12.1 Å². The number of aromatic carboxylic acids is 2. The molecular formula is C76H89N8O14+. The van der Waals surface area contributed by atoms with Crippen molar-refractivity contribution >= 4 is 69.6 Å². The van der Waals surface area contributed by atoms with Crippen molar-refractivity contribution in [3.63, 3.8) is 0 Å². The smallest absolute Gasteiger partial charge is 0.406 e. The molecule has 4 saturated heterocycles. The number of carboxylic acid groups (broad SMARTS) is 2. The Bertz CT molecular complexity index is 4010. The molecule has 6 aliphatic heterocycles. The molecule has 98 heavy (non-hydrogen) atoms. The molecule has 0 saturated carbocycles. The van der Waals surface area contributed by atoms with Crippen LogP contribution in [0.15, 0.2) is 130 Å². The summed E-state index contributed by atoms with van der Waals surface area (Å²) in [6.07, 6.45) is 13.7. The molecule has 22 heteroatoms. The molecule has 4 aromatic rings. The van der Waals surface area contributed by atoms with Gasteiger partial charge in [-0.3, -0.25) is 0 Å². The van der Waals surface area contributed by atoms with Gasteiger partial charge < -0.3 is 73.9 Å². The highest BCUT2D eigenvalue weighted by molar-refractivity contribution is 6.09. The van der Waals surface area contributed by atoms with Gasteiger partial charge in [-0.2, -0.15) is 0 Å². The second-order valence-electron chi connectivity index (χ2n) is 25.4. The lowest BCUT2D eigenvalue weighted by Crippen LogP contribution is -2.43. The average molecular weight is 1340 g/mol. The van der Waals surface area contributed by atoms with Crippen LogP contribution in [0.3, 0.4) is 0 Å². The highest BCUT2D eigenvalue weighted by Crippen LogP contribution is 2.45. The summed E-state index contributed by atoms with van der Waals surface area (Å²) in [7, 11) is 6.21. The predicted molar refractivity (Wildman–Crippen MR) is 373 cm³/mol. The lowest BCUT2D eigenvalue weighted by Gasteiger charge is -2.37. The summed E-state index contributed by atoms with van der Waals surface area (Å²) >= 11 is 0. The Morgan fingerprint density at radius 3 is 1.29 bits per heavy atom. The van der Waals surface area contributed by atoms with E-state index in [1.807, 2.05) is 60.7 Å². The predicted octanol–water partition coefficient (Wildman–Crippen LogP) is 10.8. The fourth-order valence-corrected chi connectivity index (χ4v) is 14.8. The van der Waals surface area contributed by atoms with Crippen molar-refractivity contribution in [3.05, 3.63) is 143 Å². The largest absolute Gasteiger partial charge is 0.545 e. The van der Waals surface area contributed by atoms with E-state index < -0.39 is 36.3 Å². The fraction of sp³-hybridized carbons (Fsp3) is 0.421. The van der Waals surface area contributed by atoms with Crippen LogP contribution in [0.25, 0.3) is 66.8 Å². The molecule has 0 aromatic heterocycles. The van der Waals surface area contributed by atoms with Gasteiger partial charge in [-0.25, -0.2) is 33.1 Å². The Balaban J connectivity index is 0.000000198. The maximum Gasteiger partial charge on any atom is 0.406 e. The van der Waals surface area contributed by atoms with E-state index in [1.54, 1.807) is 52.5 Å². The molecule has 5 N–H and O–H groups in total. The van der Waals surface area contributed by atoms with Gasteiger partial charge >= 0.3 is 30.3 Å².